The second kappa shape index (κ2) is 4.83. The SMILES string of the molecule is O=C(O)c1ccc2c(c1)NSC(=S)C1=C2CCC=C1. The summed E-state index contributed by atoms with van der Waals surface area (Å²) < 4.78 is 3.97. The van der Waals surface area contributed by atoms with Crippen molar-refractivity contribution < 1.29 is 9.90 Å². The summed E-state index contributed by atoms with van der Waals surface area (Å²) in [7, 11) is 0. The summed E-state index contributed by atoms with van der Waals surface area (Å²) in [6.07, 6.45) is 6.12. The number of allylic oxidation sites excluding steroid dienone is 3. The van der Waals surface area contributed by atoms with Crippen LogP contribution in [-0.2, 0) is 0 Å². The van der Waals surface area contributed by atoms with E-state index in [1.165, 1.54) is 17.5 Å². The summed E-state index contributed by atoms with van der Waals surface area (Å²) in [6.45, 7) is 0. The number of carbonyl (C=O) groups is 1. The molecule has 0 unspecified atom stereocenters. The second-order valence-electron chi connectivity index (χ2n) is 4.39. The van der Waals surface area contributed by atoms with Gasteiger partial charge in [-0.25, -0.2) is 4.79 Å². The van der Waals surface area contributed by atoms with Crippen LogP contribution in [0.25, 0.3) is 5.57 Å². The van der Waals surface area contributed by atoms with Crippen LogP contribution in [0.1, 0.15) is 28.8 Å². The number of hydrogen-bond donors (Lipinski definition) is 2. The van der Waals surface area contributed by atoms with Gasteiger partial charge in [-0.3, -0.25) is 0 Å². The largest absolute Gasteiger partial charge is 0.478 e. The van der Waals surface area contributed by atoms with E-state index < -0.39 is 5.97 Å². The minimum atomic E-state index is -0.917. The van der Waals surface area contributed by atoms with E-state index in [-0.39, 0.29) is 5.56 Å². The molecule has 0 amide bonds. The van der Waals surface area contributed by atoms with Crippen LogP contribution in [0.3, 0.4) is 0 Å². The number of fused-ring (bicyclic) bond motifs is 2. The lowest BCUT2D eigenvalue weighted by atomic mass is 9.91. The highest BCUT2D eigenvalue weighted by molar-refractivity contribution is 8.24. The molecule has 5 heteroatoms. The van der Waals surface area contributed by atoms with E-state index in [0.29, 0.717) is 0 Å². The highest BCUT2D eigenvalue weighted by Gasteiger charge is 2.22. The molecule has 1 aliphatic heterocycles. The molecule has 1 aliphatic carbocycles. The average molecular weight is 289 g/mol. The Morgan fingerprint density at radius 3 is 3.05 bits per heavy atom. The first-order valence-corrected chi connectivity index (χ1v) is 7.14. The van der Waals surface area contributed by atoms with Crippen LogP contribution in [0.5, 0.6) is 0 Å². The molecule has 19 heavy (non-hydrogen) atoms. The molecule has 0 aromatic heterocycles. The number of carboxylic acids is 1. The van der Waals surface area contributed by atoms with Gasteiger partial charge in [-0.15, -0.1) is 0 Å². The first-order valence-electron chi connectivity index (χ1n) is 5.91. The maximum atomic E-state index is 11.0. The fraction of sp³-hybridized carbons (Fsp3) is 0.143. The van der Waals surface area contributed by atoms with E-state index in [1.807, 2.05) is 6.07 Å². The first-order chi connectivity index (χ1) is 9.16. The molecule has 1 aromatic carbocycles. The summed E-state index contributed by atoms with van der Waals surface area (Å²) in [5.41, 5.74) is 4.45. The van der Waals surface area contributed by atoms with Crippen molar-refractivity contribution in [1.82, 2.24) is 0 Å². The van der Waals surface area contributed by atoms with E-state index in [0.717, 1.165) is 33.9 Å². The van der Waals surface area contributed by atoms with Crippen LogP contribution < -0.4 is 4.72 Å². The summed E-state index contributed by atoms with van der Waals surface area (Å²) in [6, 6.07) is 5.18. The van der Waals surface area contributed by atoms with Gasteiger partial charge in [-0.1, -0.05) is 30.4 Å². The number of nitrogens with one attached hydrogen (secondary N) is 1. The lowest BCUT2D eigenvalue weighted by molar-refractivity contribution is 0.0697. The van der Waals surface area contributed by atoms with Crippen molar-refractivity contribution in [2.75, 3.05) is 4.72 Å². The Morgan fingerprint density at radius 2 is 2.26 bits per heavy atom. The van der Waals surface area contributed by atoms with Crippen LogP contribution >= 0.6 is 24.2 Å². The fourth-order valence-electron chi connectivity index (χ4n) is 2.32. The van der Waals surface area contributed by atoms with Gasteiger partial charge < -0.3 is 9.83 Å². The number of hydrogen-bond acceptors (Lipinski definition) is 4. The summed E-state index contributed by atoms with van der Waals surface area (Å²) in [5, 5.41) is 9.06. The molecule has 2 N–H and O–H groups in total. The van der Waals surface area contributed by atoms with Gasteiger partial charge in [0.25, 0.3) is 0 Å². The molecule has 1 heterocycles. The quantitative estimate of drug-likeness (QED) is 0.607. The van der Waals surface area contributed by atoms with Crippen molar-refractivity contribution in [2.24, 2.45) is 0 Å². The van der Waals surface area contributed by atoms with Crippen LogP contribution in [0.15, 0.2) is 35.9 Å². The summed E-state index contributed by atoms with van der Waals surface area (Å²) >= 11 is 6.76. The Bertz CT molecular complexity index is 647. The van der Waals surface area contributed by atoms with Crippen LogP contribution in [-0.4, -0.2) is 15.3 Å². The summed E-state index contributed by atoms with van der Waals surface area (Å²) in [5.74, 6) is -0.917. The minimum Gasteiger partial charge on any atom is -0.478 e. The van der Waals surface area contributed by atoms with Gasteiger partial charge >= 0.3 is 5.97 Å². The molecule has 0 bridgehead atoms. The van der Waals surface area contributed by atoms with Gasteiger partial charge in [0.1, 0.15) is 0 Å². The summed E-state index contributed by atoms with van der Waals surface area (Å²) in [4.78, 5) is 11.0. The Morgan fingerprint density at radius 1 is 1.42 bits per heavy atom. The smallest absolute Gasteiger partial charge is 0.335 e. The fourth-order valence-corrected chi connectivity index (χ4v) is 3.31. The molecule has 3 nitrogen and oxygen atoms in total. The zero-order valence-electron chi connectivity index (χ0n) is 9.97. The minimum absolute atomic E-state index is 0.285. The standard InChI is InChI=1S/C14H11NO2S2/c16-13(17)8-5-6-10-9-3-1-2-4-11(9)14(18)19-15-12(10)7-8/h2,4-7,15H,1,3H2,(H,16,17). The molecule has 0 saturated carbocycles. The third kappa shape index (κ3) is 2.19. The highest BCUT2D eigenvalue weighted by Crippen LogP contribution is 2.39. The van der Waals surface area contributed by atoms with Crippen molar-refractivity contribution in [3.8, 4) is 0 Å². The maximum Gasteiger partial charge on any atom is 0.335 e. The van der Waals surface area contributed by atoms with Gasteiger partial charge in [0.05, 0.1) is 15.4 Å². The van der Waals surface area contributed by atoms with Crippen LogP contribution in [0.2, 0.25) is 0 Å². The van der Waals surface area contributed by atoms with Gasteiger partial charge in [0, 0.05) is 11.1 Å². The van der Waals surface area contributed by atoms with Crippen molar-refractivity contribution >= 4 is 45.6 Å². The topological polar surface area (TPSA) is 49.3 Å². The molecule has 0 spiro atoms. The van der Waals surface area contributed by atoms with Crippen molar-refractivity contribution in [3.05, 3.63) is 47.1 Å². The van der Waals surface area contributed by atoms with E-state index in [2.05, 4.69) is 16.9 Å². The molecule has 2 aliphatic rings. The third-order valence-corrected chi connectivity index (χ3v) is 4.43. The molecular formula is C14H11NO2S2. The lowest BCUT2D eigenvalue weighted by Gasteiger charge is -2.15. The number of thiocarbonyl (C=S) groups is 1. The second-order valence-corrected chi connectivity index (χ2v) is 5.87. The van der Waals surface area contributed by atoms with E-state index >= 15 is 0 Å². The number of carboxylic acid groups (broad SMARTS) is 1. The zero-order valence-corrected chi connectivity index (χ0v) is 11.6. The predicted molar refractivity (Wildman–Crippen MR) is 82.5 cm³/mol. The Balaban J connectivity index is 2.18. The molecule has 3 rings (SSSR count). The van der Waals surface area contributed by atoms with Gasteiger partial charge in [-0.2, -0.15) is 0 Å². The first kappa shape index (κ1) is 12.4. The van der Waals surface area contributed by atoms with Crippen LogP contribution in [0.4, 0.5) is 5.69 Å². The molecule has 0 atom stereocenters. The van der Waals surface area contributed by atoms with E-state index in [4.69, 9.17) is 17.3 Å². The molecule has 1 aromatic rings. The molecular weight excluding hydrogens is 278 g/mol. The maximum absolute atomic E-state index is 11.0. The average Bonchev–Trinajstić information content (AvgIpc) is 2.57. The third-order valence-electron chi connectivity index (χ3n) is 3.24. The molecule has 96 valence electrons. The van der Waals surface area contributed by atoms with Gasteiger partial charge in [-0.05, 0) is 42.5 Å². The molecule has 0 saturated heterocycles. The van der Waals surface area contributed by atoms with Gasteiger partial charge in [0.2, 0.25) is 0 Å². The van der Waals surface area contributed by atoms with Crippen molar-refractivity contribution in [2.45, 2.75) is 12.8 Å². The normalized spacial score (nSPS) is 17.4. The van der Waals surface area contributed by atoms with Gasteiger partial charge in [0.15, 0.2) is 0 Å². The number of aromatic carboxylic acids is 1. The van der Waals surface area contributed by atoms with E-state index in [9.17, 15) is 4.79 Å². The number of rotatable bonds is 1. The molecule has 0 fully saturated rings. The zero-order chi connectivity index (χ0) is 13.4. The van der Waals surface area contributed by atoms with Crippen molar-refractivity contribution in [1.29, 1.82) is 0 Å². The Labute approximate surface area is 120 Å². The number of benzene rings is 1. The van der Waals surface area contributed by atoms with Crippen molar-refractivity contribution in [3.63, 3.8) is 0 Å². The van der Waals surface area contributed by atoms with Crippen LogP contribution in [0, 0.1) is 0 Å². The molecule has 0 radical (unpaired) electrons. The lowest BCUT2D eigenvalue weighted by Crippen LogP contribution is -2.00. The monoisotopic (exact) mass is 289 g/mol. The highest BCUT2D eigenvalue weighted by atomic mass is 32.2. The number of anilines is 1. The Hall–Kier alpha value is -1.59. The Kier molecular flexibility index (Phi) is 3.16. The van der Waals surface area contributed by atoms with E-state index in [1.54, 1.807) is 12.1 Å². The predicted octanol–water partition coefficient (Wildman–Crippen LogP) is 3.89.